The molecule has 0 unspecified atom stereocenters. The van der Waals surface area contributed by atoms with Crippen molar-refractivity contribution in [2.24, 2.45) is 0 Å². The number of nitrogens with zero attached hydrogens (tertiary/aromatic N) is 2. The van der Waals surface area contributed by atoms with Crippen LogP contribution in [0.5, 0.6) is 0 Å². The van der Waals surface area contributed by atoms with Gasteiger partial charge in [-0.05, 0) is 31.2 Å². The Labute approximate surface area is 157 Å². The molecule has 0 aliphatic carbocycles. The summed E-state index contributed by atoms with van der Waals surface area (Å²) in [6.07, 6.45) is 0. The van der Waals surface area contributed by atoms with E-state index in [1.54, 1.807) is 49.4 Å². The summed E-state index contributed by atoms with van der Waals surface area (Å²) in [4.78, 5) is 37.9. The van der Waals surface area contributed by atoms with Crippen molar-refractivity contribution in [3.8, 4) is 6.07 Å². The molecule has 0 aliphatic heterocycles. The SMILES string of the molecule is CCOC(=O)c1ccccc1N(CC(=O)Nc1ccccc1C#N)C(C)=O. The van der Waals surface area contributed by atoms with Crippen molar-refractivity contribution >= 4 is 29.2 Å². The minimum absolute atomic E-state index is 0.193. The van der Waals surface area contributed by atoms with E-state index in [0.29, 0.717) is 11.3 Å². The van der Waals surface area contributed by atoms with Gasteiger partial charge in [0, 0.05) is 6.92 Å². The van der Waals surface area contributed by atoms with Gasteiger partial charge in [-0.2, -0.15) is 5.26 Å². The van der Waals surface area contributed by atoms with Crippen molar-refractivity contribution in [3.05, 3.63) is 59.7 Å². The number of rotatable bonds is 6. The van der Waals surface area contributed by atoms with E-state index >= 15 is 0 Å². The third kappa shape index (κ3) is 4.92. The van der Waals surface area contributed by atoms with Gasteiger partial charge in [-0.3, -0.25) is 9.59 Å². The second-order valence-electron chi connectivity index (χ2n) is 5.55. The van der Waals surface area contributed by atoms with Crippen LogP contribution in [0.25, 0.3) is 0 Å². The number of esters is 1. The fourth-order valence-electron chi connectivity index (χ4n) is 2.48. The maximum Gasteiger partial charge on any atom is 0.340 e. The van der Waals surface area contributed by atoms with Gasteiger partial charge in [0.1, 0.15) is 12.6 Å². The molecule has 0 heterocycles. The topological polar surface area (TPSA) is 99.5 Å². The largest absolute Gasteiger partial charge is 0.462 e. The van der Waals surface area contributed by atoms with E-state index in [1.165, 1.54) is 17.9 Å². The first-order valence-corrected chi connectivity index (χ1v) is 8.31. The van der Waals surface area contributed by atoms with Crippen LogP contribution in [0.2, 0.25) is 0 Å². The molecular weight excluding hydrogens is 346 g/mol. The fraction of sp³-hybridized carbons (Fsp3) is 0.200. The molecule has 138 valence electrons. The normalized spacial score (nSPS) is 9.81. The quantitative estimate of drug-likeness (QED) is 0.794. The van der Waals surface area contributed by atoms with Gasteiger partial charge in [-0.15, -0.1) is 0 Å². The van der Waals surface area contributed by atoms with E-state index in [-0.39, 0.29) is 24.4 Å². The van der Waals surface area contributed by atoms with Gasteiger partial charge in [-0.25, -0.2) is 4.79 Å². The molecule has 0 bridgehead atoms. The Balaban J connectivity index is 2.27. The Hall–Kier alpha value is -3.66. The molecule has 0 radical (unpaired) electrons. The van der Waals surface area contributed by atoms with E-state index < -0.39 is 17.8 Å². The zero-order chi connectivity index (χ0) is 19.8. The molecule has 7 heteroatoms. The predicted molar refractivity (Wildman–Crippen MR) is 100 cm³/mol. The Kier molecular flexibility index (Phi) is 6.67. The van der Waals surface area contributed by atoms with Crippen molar-refractivity contribution < 1.29 is 19.1 Å². The van der Waals surface area contributed by atoms with Gasteiger partial charge in [0.05, 0.1) is 29.1 Å². The highest BCUT2D eigenvalue weighted by molar-refractivity contribution is 6.06. The van der Waals surface area contributed by atoms with Gasteiger partial charge in [0.25, 0.3) is 0 Å². The number of nitrogens with one attached hydrogen (secondary N) is 1. The molecule has 1 N–H and O–H groups in total. The third-order valence-corrected chi connectivity index (χ3v) is 3.69. The lowest BCUT2D eigenvalue weighted by molar-refractivity contribution is -0.120. The van der Waals surface area contributed by atoms with Crippen LogP contribution in [0.15, 0.2) is 48.5 Å². The molecule has 0 saturated carbocycles. The van der Waals surface area contributed by atoms with Crippen molar-refractivity contribution in [1.29, 1.82) is 5.26 Å². The number of nitriles is 1. The zero-order valence-electron chi connectivity index (χ0n) is 15.1. The Morgan fingerprint density at radius 3 is 2.44 bits per heavy atom. The lowest BCUT2D eigenvalue weighted by atomic mass is 10.1. The number of benzene rings is 2. The van der Waals surface area contributed by atoms with E-state index in [1.807, 2.05) is 6.07 Å². The number of hydrogen-bond acceptors (Lipinski definition) is 5. The van der Waals surface area contributed by atoms with Gasteiger partial charge < -0.3 is 15.0 Å². The summed E-state index contributed by atoms with van der Waals surface area (Å²) < 4.78 is 5.02. The number of carbonyl (C=O) groups excluding carboxylic acids is 3. The van der Waals surface area contributed by atoms with Crippen molar-refractivity contribution in [2.45, 2.75) is 13.8 Å². The van der Waals surface area contributed by atoms with Crippen molar-refractivity contribution in [2.75, 3.05) is 23.4 Å². The minimum Gasteiger partial charge on any atom is -0.462 e. The third-order valence-electron chi connectivity index (χ3n) is 3.69. The van der Waals surface area contributed by atoms with E-state index in [0.717, 1.165) is 0 Å². The molecule has 2 amide bonds. The number of carbonyl (C=O) groups is 3. The molecule has 2 aromatic carbocycles. The number of para-hydroxylation sites is 2. The second kappa shape index (κ2) is 9.15. The molecule has 0 aliphatic rings. The van der Waals surface area contributed by atoms with Crippen LogP contribution in [0.4, 0.5) is 11.4 Å². The van der Waals surface area contributed by atoms with Crippen molar-refractivity contribution in [1.82, 2.24) is 0 Å². The van der Waals surface area contributed by atoms with Crippen LogP contribution in [0, 0.1) is 11.3 Å². The van der Waals surface area contributed by atoms with Gasteiger partial charge >= 0.3 is 5.97 Å². The summed E-state index contributed by atoms with van der Waals surface area (Å²) in [5.41, 5.74) is 1.14. The van der Waals surface area contributed by atoms with Crippen LogP contribution in [0.3, 0.4) is 0 Å². The molecule has 0 fully saturated rings. The Morgan fingerprint density at radius 1 is 1.11 bits per heavy atom. The highest BCUT2D eigenvalue weighted by atomic mass is 16.5. The maximum absolute atomic E-state index is 12.4. The standard InChI is InChI=1S/C20H19N3O4/c1-3-27-20(26)16-9-5-7-11-18(16)23(14(2)24)13-19(25)22-17-10-6-4-8-15(17)12-21/h4-11H,3,13H2,1-2H3,(H,22,25). The smallest absolute Gasteiger partial charge is 0.340 e. The van der Waals surface area contributed by atoms with Crippen LogP contribution < -0.4 is 10.2 Å². The number of ether oxygens (including phenoxy) is 1. The highest BCUT2D eigenvalue weighted by Gasteiger charge is 2.22. The predicted octanol–water partition coefficient (Wildman–Crippen LogP) is 2.73. The highest BCUT2D eigenvalue weighted by Crippen LogP contribution is 2.22. The average Bonchev–Trinajstić information content (AvgIpc) is 2.66. The summed E-state index contributed by atoms with van der Waals surface area (Å²) in [6.45, 7) is 2.87. The van der Waals surface area contributed by atoms with Crippen LogP contribution in [-0.2, 0) is 14.3 Å². The summed E-state index contributed by atoms with van der Waals surface area (Å²) in [5, 5.41) is 11.7. The van der Waals surface area contributed by atoms with Crippen LogP contribution in [-0.4, -0.2) is 30.9 Å². The molecule has 27 heavy (non-hydrogen) atoms. The van der Waals surface area contributed by atoms with E-state index in [2.05, 4.69) is 5.32 Å². The first-order valence-electron chi connectivity index (χ1n) is 8.31. The van der Waals surface area contributed by atoms with E-state index in [9.17, 15) is 14.4 Å². The first-order chi connectivity index (χ1) is 13.0. The number of hydrogen-bond donors (Lipinski definition) is 1. The molecule has 7 nitrogen and oxygen atoms in total. The summed E-state index contributed by atoms with van der Waals surface area (Å²) in [5.74, 6) is -1.48. The molecule has 0 spiro atoms. The molecule has 2 rings (SSSR count). The van der Waals surface area contributed by atoms with Gasteiger partial charge in [-0.1, -0.05) is 24.3 Å². The maximum atomic E-state index is 12.4. The Bertz CT molecular complexity index is 902. The molecule has 0 aromatic heterocycles. The minimum atomic E-state index is -0.574. The summed E-state index contributed by atoms with van der Waals surface area (Å²) >= 11 is 0. The average molecular weight is 365 g/mol. The number of anilines is 2. The second-order valence-corrected chi connectivity index (χ2v) is 5.55. The molecule has 0 saturated heterocycles. The number of amides is 2. The van der Waals surface area contributed by atoms with E-state index in [4.69, 9.17) is 10.00 Å². The summed E-state index contributed by atoms with van der Waals surface area (Å²) in [7, 11) is 0. The fourth-order valence-corrected chi connectivity index (χ4v) is 2.48. The molecular formula is C20H19N3O4. The van der Waals surface area contributed by atoms with Crippen LogP contribution >= 0.6 is 0 Å². The molecule has 2 aromatic rings. The van der Waals surface area contributed by atoms with Crippen molar-refractivity contribution in [3.63, 3.8) is 0 Å². The lowest BCUT2D eigenvalue weighted by Crippen LogP contribution is -2.37. The zero-order valence-corrected chi connectivity index (χ0v) is 15.1. The Morgan fingerprint density at radius 2 is 1.78 bits per heavy atom. The van der Waals surface area contributed by atoms with Gasteiger partial charge in [0.15, 0.2) is 0 Å². The first kappa shape index (κ1) is 19.7. The lowest BCUT2D eigenvalue weighted by Gasteiger charge is -2.23. The summed E-state index contributed by atoms with van der Waals surface area (Å²) in [6, 6.07) is 15.0. The van der Waals surface area contributed by atoms with Gasteiger partial charge in [0.2, 0.25) is 11.8 Å². The monoisotopic (exact) mass is 365 g/mol. The molecule has 0 atom stereocenters. The van der Waals surface area contributed by atoms with Crippen LogP contribution in [0.1, 0.15) is 29.8 Å².